The highest BCUT2D eigenvalue weighted by atomic mass is 16.3. The van der Waals surface area contributed by atoms with Crippen LogP contribution < -0.4 is 5.32 Å². The van der Waals surface area contributed by atoms with Gasteiger partial charge in [0.25, 0.3) is 0 Å². The van der Waals surface area contributed by atoms with E-state index in [-0.39, 0.29) is 0 Å². The van der Waals surface area contributed by atoms with Crippen LogP contribution in [0.15, 0.2) is 0 Å². The molecule has 2 aliphatic rings. The Bertz CT molecular complexity index is 234. The first-order chi connectivity index (χ1) is 8.11. The monoisotopic (exact) mass is 240 g/mol. The van der Waals surface area contributed by atoms with Crippen LogP contribution in [0.1, 0.15) is 51.9 Å². The SMILES string of the molecule is CNC1CCC(N2CCCC(C)(O)CC2)CC1. The van der Waals surface area contributed by atoms with Crippen molar-refractivity contribution < 1.29 is 5.11 Å². The van der Waals surface area contributed by atoms with E-state index in [0.717, 1.165) is 37.9 Å². The van der Waals surface area contributed by atoms with Crippen molar-refractivity contribution in [1.82, 2.24) is 10.2 Å². The molecule has 100 valence electrons. The predicted octanol–water partition coefficient (Wildman–Crippen LogP) is 1.75. The number of aliphatic hydroxyl groups is 1. The van der Waals surface area contributed by atoms with Crippen molar-refractivity contribution >= 4 is 0 Å². The third-order valence-corrected chi connectivity index (χ3v) is 4.72. The molecule has 0 spiro atoms. The van der Waals surface area contributed by atoms with E-state index >= 15 is 0 Å². The molecular formula is C14H28N2O. The van der Waals surface area contributed by atoms with Gasteiger partial charge in [-0.25, -0.2) is 0 Å². The van der Waals surface area contributed by atoms with E-state index in [1.807, 2.05) is 6.92 Å². The van der Waals surface area contributed by atoms with Crippen LogP contribution in [0.2, 0.25) is 0 Å². The third kappa shape index (κ3) is 3.67. The molecule has 3 nitrogen and oxygen atoms in total. The van der Waals surface area contributed by atoms with E-state index < -0.39 is 5.60 Å². The number of rotatable bonds is 2. The highest BCUT2D eigenvalue weighted by Gasteiger charge is 2.30. The number of nitrogens with zero attached hydrogens (tertiary/aromatic N) is 1. The van der Waals surface area contributed by atoms with Gasteiger partial charge in [-0.15, -0.1) is 0 Å². The summed E-state index contributed by atoms with van der Waals surface area (Å²) in [5.74, 6) is 0. The summed E-state index contributed by atoms with van der Waals surface area (Å²) in [6, 6.07) is 1.51. The van der Waals surface area contributed by atoms with Crippen molar-refractivity contribution in [3.63, 3.8) is 0 Å². The minimum absolute atomic E-state index is 0.420. The average molecular weight is 240 g/mol. The second-order valence-corrected chi connectivity index (χ2v) is 6.18. The molecule has 0 bridgehead atoms. The number of nitrogens with one attached hydrogen (secondary N) is 1. The predicted molar refractivity (Wildman–Crippen MR) is 71.2 cm³/mol. The van der Waals surface area contributed by atoms with E-state index in [1.165, 1.54) is 32.2 Å². The molecule has 2 N–H and O–H groups in total. The molecule has 1 saturated carbocycles. The van der Waals surface area contributed by atoms with Gasteiger partial charge in [-0.05, 0) is 65.5 Å². The van der Waals surface area contributed by atoms with Crippen LogP contribution in [0.25, 0.3) is 0 Å². The van der Waals surface area contributed by atoms with E-state index in [2.05, 4.69) is 17.3 Å². The lowest BCUT2D eigenvalue weighted by Crippen LogP contribution is -2.42. The molecule has 2 fully saturated rings. The summed E-state index contributed by atoms with van der Waals surface area (Å²) in [7, 11) is 2.08. The zero-order chi connectivity index (χ0) is 12.3. The first-order valence-electron chi connectivity index (χ1n) is 7.24. The van der Waals surface area contributed by atoms with Crippen molar-refractivity contribution in [3.05, 3.63) is 0 Å². The van der Waals surface area contributed by atoms with Gasteiger partial charge >= 0.3 is 0 Å². The molecule has 0 radical (unpaired) electrons. The van der Waals surface area contributed by atoms with Crippen LogP contribution in [0, 0.1) is 0 Å². The minimum Gasteiger partial charge on any atom is -0.390 e. The minimum atomic E-state index is -0.420. The molecule has 0 amide bonds. The van der Waals surface area contributed by atoms with E-state index in [9.17, 15) is 5.11 Å². The summed E-state index contributed by atoms with van der Waals surface area (Å²) in [6.07, 6.45) is 8.34. The Morgan fingerprint density at radius 2 is 1.82 bits per heavy atom. The Hall–Kier alpha value is -0.120. The van der Waals surface area contributed by atoms with Gasteiger partial charge in [0.15, 0.2) is 0 Å². The molecule has 1 aliphatic carbocycles. The zero-order valence-corrected chi connectivity index (χ0v) is 11.4. The Labute approximate surface area is 106 Å². The molecule has 0 aromatic rings. The lowest BCUT2D eigenvalue weighted by Gasteiger charge is -2.36. The fourth-order valence-electron chi connectivity index (χ4n) is 3.38. The van der Waals surface area contributed by atoms with Gasteiger partial charge in [0.1, 0.15) is 0 Å². The maximum Gasteiger partial charge on any atom is 0.0632 e. The Morgan fingerprint density at radius 3 is 2.47 bits per heavy atom. The number of likely N-dealkylation sites (tertiary alicyclic amines) is 1. The van der Waals surface area contributed by atoms with Crippen LogP contribution in [-0.2, 0) is 0 Å². The normalized spacial score (nSPS) is 41.1. The van der Waals surface area contributed by atoms with Gasteiger partial charge in [0.05, 0.1) is 5.60 Å². The fourth-order valence-corrected chi connectivity index (χ4v) is 3.38. The maximum atomic E-state index is 10.1. The van der Waals surface area contributed by atoms with Gasteiger partial charge in [-0.2, -0.15) is 0 Å². The average Bonchev–Trinajstić information content (AvgIpc) is 2.50. The van der Waals surface area contributed by atoms with Gasteiger partial charge in [0.2, 0.25) is 0 Å². The molecule has 1 saturated heterocycles. The molecule has 0 aromatic heterocycles. The third-order valence-electron chi connectivity index (χ3n) is 4.72. The van der Waals surface area contributed by atoms with Crippen LogP contribution >= 0.6 is 0 Å². The largest absolute Gasteiger partial charge is 0.390 e. The molecule has 1 aliphatic heterocycles. The smallest absolute Gasteiger partial charge is 0.0632 e. The molecule has 2 rings (SSSR count). The molecule has 17 heavy (non-hydrogen) atoms. The topological polar surface area (TPSA) is 35.5 Å². The van der Waals surface area contributed by atoms with Gasteiger partial charge in [0, 0.05) is 18.6 Å². The van der Waals surface area contributed by atoms with Crippen molar-refractivity contribution in [2.45, 2.75) is 69.6 Å². The maximum absolute atomic E-state index is 10.1. The van der Waals surface area contributed by atoms with Gasteiger partial charge in [-0.3, -0.25) is 0 Å². The standard InChI is InChI=1S/C14H28N2O/c1-14(17)8-3-10-16(11-9-14)13-6-4-12(15-2)5-7-13/h12-13,15,17H,3-11H2,1-2H3. The molecule has 1 heterocycles. The molecule has 1 atom stereocenters. The Morgan fingerprint density at radius 1 is 1.12 bits per heavy atom. The van der Waals surface area contributed by atoms with E-state index in [0.29, 0.717) is 0 Å². The summed E-state index contributed by atoms with van der Waals surface area (Å²) in [5.41, 5.74) is -0.420. The number of hydrogen-bond acceptors (Lipinski definition) is 3. The van der Waals surface area contributed by atoms with Crippen molar-refractivity contribution in [2.24, 2.45) is 0 Å². The quantitative estimate of drug-likeness (QED) is 0.772. The van der Waals surface area contributed by atoms with E-state index in [4.69, 9.17) is 0 Å². The first kappa shape index (κ1) is 13.3. The van der Waals surface area contributed by atoms with Crippen molar-refractivity contribution in [1.29, 1.82) is 0 Å². The number of hydrogen-bond donors (Lipinski definition) is 2. The Kier molecular flexibility index (Phi) is 4.45. The lowest BCUT2D eigenvalue weighted by molar-refractivity contribution is 0.0416. The first-order valence-corrected chi connectivity index (χ1v) is 7.24. The molecule has 0 aromatic carbocycles. The molecule has 1 unspecified atom stereocenters. The van der Waals surface area contributed by atoms with Crippen LogP contribution in [0.3, 0.4) is 0 Å². The summed E-state index contributed by atoms with van der Waals surface area (Å²) in [4.78, 5) is 2.63. The molecular weight excluding hydrogens is 212 g/mol. The summed E-state index contributed by atoms with van der Waals surface area (Å²) < 4.78 is 0. The highest BCUT2D eigenvalue weighted by Crippen LogP contribution is 2.28. The lowest BCUT2D eigenvalue weighted by atomic mass is 9.90. The molecule has 3 heteroatoms. The summed E-state index contributed by atoms with van der Waals surface area (Å²) in [6.45, 7) is 4.27. The summed E-state index contributed by atoms with van der Waals surface area (Å²) in [5, 5.41) is 13.5. The second kappa shape index (κ2) is 5.68. The van der Waals surface area contributed by atoms with Crippen LogP contribution in [-0.4, -0.2) is 47.8 Å². The zero-order valence-electron chi connectivity index (χ0n) is 11.4. The van der Waals surface area contributed by atoms with Crippen LogP contribution in [0.5, 0.6) is 0 Å². The second-order valence-electron chi connectivity index (χ2n) is 6.18. The Balaban J connectivity index is 1.82. The van der Waals surface area contributed by atoms with Gasteiger partial charge in [-0.1, -0.05) is 0 Å². The van der Waals surface area contributed by atoms with Crippen molar-refractivity contribution in [3.8, 4) is 0 Å². The van der Waals surface area contributed by atoms with Gasteiger partial charge < -0.3 is 15.3 Å². The van der Waals surface area contributed by atoms with Crippen LogP contribution in [0.4, 0.5) is 0 Å². The van der Waals surface area contributed by atoms with Crippen molar-refractivity contribution in [2.75, 3.05) is 20.1 Å². The highest BCUT2D eigenvalue weighted by molar-refractivity contribution is 4.86. The van der Waals surface area contributed by atoms with E-state index in [1.54, 1.807) is 0 Å². The fraction of sp³-hybridized carbons (Fsp3) is 1.00. The summed E-state index contributed by atoms with van der Waals surface area (Å²) >= 11 is 0.